The molecule has 0 unspecified atom stereocenters. The summed E-state index contributed by atoms with van der Waals surface area (Å²) in [5.41, 5.74) is -2.96. The highest BCUT2D eigenvalue weighted by Crippen LogP contribution is 2.34. The van der Waals surface area contributed by atoms with E-state index in [4.69, 9.17) is 5.26 Å². The second-order valence-corrected chi connectivity index (χ2v) is 3.30. The molecule has 0 N–H and O–H groups in total. The van der Waals surface area contributed by atoms with Gasteiger partial charge in [-0.25, -0.2) is 13.8 Å². The van der Waals surface area contributed by atoms with Gasteiger partial charge in [0.2, 0.25) is 0 Å². The third-order valence-corrected chi connectivity index (χ3v) is 1.97. The van der Waals surface area contributed by atoms with Crippen LogP contribution in [0.1, 0.15) is 17.7 Å². The lowest BCUT2D eigenvalue weighted by atomic mass is 10.1. The lowest BCUT2D eigenvalue weighted by Gasteiger charge is -2.11. The van der Waals surface area contributed by atoms with E-state index in [1.54, 1.807) is 0 Å². The van der Waals surface area contributed by atoms with Gasteiger partial charge >= 0.3 is 17.9 Å². The highest BCUT2D eigenvalue weighted by atomic mass is 19.4. The summed E-state index contributed by atoms with van der Waals surface area (Å²) in [6.45, 7) is 0. The van der Waals surface area contributed by atoms with Gasteiger partial charge in [0.05, 0.1) is 17.4 Å². The van der Waals surface area contributed by atoms with Gasteiger partial charge in [-0.05, 0) is 0 Å². The van der Waals surface area contributed by atoms with Gasteiger partial charge in [-0.1, -0.05) is 0 Å². The monoisotopic (exact) mass is 297 g/mol. The zero-order valence-corrected chi connectivity index (χ0v) is 9.32. The lowest BCUT2D eigenvalue weighted by molar-refractivity contribution is -0.389. The molecular formula is C9H4F5N3O3. The van der Waals surface area contributed by atoms with Gasteiger partial charge in [-0.15, -0.1) is 13.2 Å². The molecule has 1 aromatic heterocycles. The predicted molar refractivity (Wildman–Crippen MR) is 51.8 cm³/mol. The molecule has 11 heteroatoms. The van der Waals surface area contributed by atoms with Crippen LogP contribution in [-0.4, -0.2) is 16.3 Å². The highest BCUT2D eigenvalue weighted by Gasteiger charge is 2.36. The van der Waals surface area contributed by atoms with Crippen LogP contribution in [0.3, 0.4) is 0 Å². The Morgan fingerprint density at radius 2 is 2.10 bits per heavy atom. The summed E-state index contributed by atoms with van der Waals surface area (Å²) in [6.07, 6.45) is -9.30. The van der Waals surface area contributed by atoms with Gasteiger partial charge < -0.3 is 4.74 Å². The molecule has 0 atom stereocenters. The average Bonchev–Trinajstić information content (AvgIpc) is 2.28. The van der Waals surface area contributed by atoms with Crippen LogP contribution in [0.5, 0.6) is 5.88 Å². The molecule has 20 heavy (non-hydrogen) atoms. The van der Waals surface area contributed by atoms with Gasteiger partial charge in [0.25, 0.3) is 6.43 Å². The minimum Gasteiger partial charge on any atom is -0.381 e. The molecule has 0 aromatic carbocycles. The quantitative estimate of drug-likeness (QED) is 0.484. The van der Waals surface area contributed by atoms with E-state index in [1.807, 2.05) is 0 Å². The van der Waals surface area contributed by atoms with Crippen molar-refractivity contribution in [3.05, 3.63) is 27.4 Å². The minimum atomic E-state index is -5.33. The fourth-order valence-corrected chi connectivity index (χ4v) is 1.27. The Balaban J connectivity index is 3.45. The summed E-state index contributed by atoms with van der Waals surface area (Å²) >= 11 is 0. The molecule has 1 heterocycles. The fourth-order valence-electron chi connectivity index (χ4n) is 1.27. The summed E-state index contributed by atoms with van der Waals surface area (Å²) in [6, 6.07) is 1.87. The Kier molecular flexibility index (Phi) is 4.38. The van der Waals surface area contributed by atoms with Crippen molar-refractivity contribution in [3.63, 3.8) is 0 Å². The van der Waals surface area contributed by atoms with Crippen LogP contribution in [0.15, 0.2) is 6.07 Å². The molecule has 0 bridgehead atoms. The molecule has 0 aliphatic rings. The highest BCUT2D eigenvalue weighted by molar-refractivity contribution is 5.46. The van der Waals surface area contributed by atoms with E-state index in [2.05, 4.69) is 9.72 Å². The van der Waals surface area contributed by atoms with E-state index in [9.17, 15) is 32.1 Å². The molecule has 0 radical (unpaired) electrons. The number of pyridine rings is 1. The number of hydrogen-bond donors (Lipinski definition) is 0. The van der Waals surface area contributed by atoms with E-state index in [0.717, 1.165) is 0 Å². The maximum absolute atomic E-state index is 12.6. The van der Waals surface area contributed by atoms with Crippen LogP contribution in [0, 0.1) is 21.4 Å². The third kappa shape index (κ3) is 3.74. The molecular weight excluding hydrogens is 293 g/mol. The van der Waals surface area contributed by atoms with Gasteiger partial charge in [0.15, 0.2) is 0 Å². The number of ether oxygens (including phenoxy) is 1. The molecule has 0 saturated heterocycles. The lowest BCUT2D eigenvalue weighted by Crippen LogP contribution is -2.19. The first-order valence-electron chi connectivity index (χ1n) is 4.74. The van der Waals surface area contributed by atoms with Crippen LogP contribution in [0.4, 0.5) is 27.6 Å². The molecule has 0 aliphatic carbocycles. The standard InChI is InChI=1S/C9H4F5N3O3/c10-7(11)6-4(1-2-15)3-5(17(18)19)8(16-6)20-9(12,13)14/h3,7H,1H2. The number of rotatable bonds is 4. The van der Waals surface area contributed by atoms with E-state index in [0.29, 0.717) is 6.07 Å². The summed E-state index contributed by atoms with van der Waals surface area (Å²) in [7, 11) is 0. The van der Waals surface area contributed by atoms with Crippen molar-refractivity contribution < 1.29 is 31.6 Å². The maximum atomic E-state index is 12.6. The normalized spacial score (nSPS) is 11.2. The number of nitriles is 1. The van der Waals surface area contributed by atoms with Crippen LogP contribution in [0.25, 0.3) is 0 Å². The van der Waals surface area contributed by atoms with Crippen molar-refractivity contribution in [3.8, 4) is 11.9 Å². The van der Waals surface area contributed by atoms with Crippen molar-refractivity contribution in [2.75, 3.05) is 0 Å². The van der Waals surface area contributed by atoms with Crippen molar-refractivity contribution in [1.82, 2.24) is 4.98 Å². The molecule has 6 nitrogen and oxygen atoms in total. The van der Waals surface area contributed by atoms with Gasteiger partial charge in [0.1, 0.15) is 5.69 Å². The number of nitro groups is 1. The predicted octanol–water partition coefficient (Wildman–Crippen LogP) is 2.89. The van der Waals surface area contributed by atoms with Crippen LogP contribution in [-0.2, 0) is 6.42 Å². The Morgan fingerprint density at radius 3 is 2.50 bits per heavy atom. The Hall–Kier alpha value is -2.51. The molecule has 0 spiro atoms. The second-order valence-electron chi connectivity index (χ2n) is 3.30. The molecule has 108 valence electrons. The zero-order valence-electron chi connectivity index (χ0n) is 9.32. The Bertz CT molecular complexity index is 567. The van der Waals surface area contributed by atoms with E-state index in [-0.39, 0.29) is 0 Å². The van der Waals surface area contributed by atoms with Gasteiger partial charge in [-0.2, -0.15) is 5.26 Å². The number of nitrogens with zero attached hydrogens (tertiary/aromatic N) is 3. The van der Waals surface area contributed by atoms with Crippen LogP contribution >= 0.6 is 0 Å². The smallest absolute Gasteiger partial charge is 0.381 e. The molecule has 0 aliphatic heterocycles. The first kappa shape index (κ1) is 15.5. The average molecular weight is 297 g/mol. The van der Waals surface area contributed by atoms with E-state index < -0.39 is 47.0 Å². The zero-order chi connectivity index (χ0) is 15.5. The van der Waals surface area contributed by atoms with Crippen molar-refractivity contribution >= 4 is 5.69 Å². The van der Waals surface area contributed by atoms with Crippen molar-refractivity contribution in [1.29, 1.82) is 5.26 Å². The maximum Gasteiger partial charge on any atom is 0.574 e. The molecule has 0 fully saturated rings. The molecule has 1 aromatic rings. The largest absolute Gasteiger partial charge is 0.574 e. The van der Waals surface area contributed by atoms with Crippen LogP contribution < -0.4 is 4.74 Å². The SMILES string of the molecule is N#CCc1cc([N+](=O)[O-])c(OC(F)(F)F)nc1C(F)F. The molecule has 1 rings (SSSR count). The van der Waals surface area contributed by atoms with Crippen LogP contribution in [0.2, 0.25) is 0 Å². The summed E-state index contributed by atoms with van der Waals surface area (Å²) < 4.78 is 64.6. The van der Waals surface area contributed by atoms with Gasteiger partial charge in [-0.3, -0.25) is 10.1 Å². The summed E-state index contributed by atoms with van der Waals surface area (Å²) in [5, 5.41) is 19.0. The molecule has 0 saturated carbocycles. The second kappa shape index (κ2) is 5.64. The van der Waals surface area contributed by atoms with Crippen molar-refractivity contribution in [2.24, 2.45) is 0 Å². The number of hydrogen-bond acceptors (Lipinski definition) is 5. The van der Waals surface area contributed by atoms with E-state index in [1.165, 1.54) is 6.07 Å². The summed E-state index contributed by atoms with van der Waals surface area (Å²) in [5.74, 6) is -1.60. The topological polar surface area (TPSA) is 89.0 Å². The number of halogens is 5. The summed E-state index contributed by atoms with van der Waals surface area (Å²) in [4.78, 5) is 12.1. The van der Waals surface area contributed by atoms with Gasteiger partial charge in [0, 0.05) is 11.6 Å². The molecule has 0 amide bonds. The first-order valence-corrected chi connectivity index (χ1v) is 4.74. The number of aromatic nitrogens is 1. The van der Waals surface area contributed by atoms with Crippen molar-refractivity contribution in [2.45, 2.75) is 19.2 Å². The van der Waals surface area contributed by atoms with E-state index >= 15 is 0 Å². The fraction of sp³-hybridized carbons (Fsp3) is 0.333. The minimum absolute atomic E-state index is 0.415. The Labute approximate surface area is 107 Å². The Morgan fingerprint density at radius 1 is 1.50 bits per heavy atom. The first-order chi connectivity index (χ1) is 9.15. The third-order valence-electron chi connectivity index (χ3n) is 1.97. The number of alkyl halides is 5.